The molecule has 2 rings (SSSR count). The van der Waals surface area contributed by atoms with E-state index < -0.39 is 5.97 Å². The summed E-state index contributed by atoms with van der Waals surface area (Å²) in [5, 5.41) is 15.0. The van der Waals surface area contributed by atoms with Crippen LogP contribution in [0.15, 0.2) is 0 Å². The zero-order chi connectivity index (χ0) is 13.7. The summed E-state index contributed by atoms with van der Waals surface area (Å²) in [5.41, 5.74) is 0. The lowest BCUT2D eigenvalue weighted by Gasteiger charge is -2.26. The first-order valence-electron chi connectivity index (χ1n) is 7.35. The standard InChI is InChI=1S/C14H24N2O3/c17-13(9-15-7-10-1-2-10)16-8-11-3-5-12(6-4-11)14(18)19/h10-12,15H,1-9H2,(H,16,17)(H,18,19). The van der Waals surface area contributed by atoms with E-state index in [1.807, 2.05) is 0 Å². The van der Waals surface area contributed by atoms with Crippen LogP contribution >= 0.6 is 0 Å². The van der Waals surface area contributed by atoms with Crippen LogP contribution in [0.5, 0.6) is 0 Å². The Bertz CT molecular complexity index is 321. The Kier molecular flexibility index (Phi) is 5.19. The molecular formula is C14H24N2O3. The van der Waals surface area contributed by atoms with Crippen molar-refractivity contribution in [1.29, 1.82) is 0 Å². The van der Waals surface area contributed by atoms with Gasteiger partial charge in [0.05, 0.1) is 12.5 Å². The van der Waals surface area contributed by atoms with Gasteiger partial charge in [-0.15, -0.1) is 0 Å². The molecule has 0 atom stereocenters. The van der Waals surface area contributed by atoms with Gasteiger partial charge in [0.15, 0.2) is 0 Å². The van der Waals surface area contributed by atoms with Gasteiger partial charge in [0, 0.05) is 6.54 Å². The maximum absolute atomic E-state index is 11.6. The van der Waals surface area contributed by atoms with Crippen LogP contribution in [0.1, 0.15) is 38.5 Å². The number of aliphatic carboxylic acids is 1. The topological polar surface area (TPSA) is 78.4 Å². The second-order valence-electron chi connectivity index (χ2n) is 5.93. The second kappa shape index (κ2) is 6.89. The van der Waals surface area contributed by atoms with Crippen molar-refractivity contribution in [2.45, 2.75) is 38.5 Å². The molecule has 2 aliphatic rings. The van der Waals surface area contributed by atoms with E-state index in [0.29, 0.717) is 19.0 Å². The number of hydrogen-bond acceptors (Lipinski definition) is 3. The lowest BCUT2D eigenvalue weighted by atomic mass is 9.82. The van der Waals surface area contributed by atoms with E-state index in [1.54, 1.807) is 0 Å². The predicted molar refractivity (Wildman–Crippen MR) is 71.7 cm³/mol. The van der Waals surface area contributed by atoms with Crippen molar-refractivity contribution >= 4 is 11.9 Å². The van der Waals surface area contributed by atoms with Gasteiger partial charge in [-0.3, -0.25) is 9.59 Å². The van der Waals surface area contributed by atoms with E-state index in [0.717, 1.165) is 38.1 Å². The van der Waals surface area contributed by atoms with E-state index in [-0.39, 0.29) is 11.8 Å². The smallest absolute Gasteiger partial charge is 0.306 e. The molecule has 2 aliphatic carbocycles. The summed E-state index contributed by atoms with van der Waals surface area (Å²) in [7, 11) is 0. The van der Waals surface area contributed by atoms with E-state index in [9.17, 15) is 9.59 Å². The molecule has 0 unspecified atom stereocenters. The minimum absolute atomic E-state index is 0.0565. The Hall–Kier alpha value is -1.10. The molecule has 0 heterocycles. The van der Waals surface area contributed by atoms with Crippen LogP contribution in [-0.4, -0.2) is 36.6 Å². The molecule has 5 nitrogen and oxygen atoms in total. The maximum Gasteiger partial charge on any atom is 0.306 e. The summed E-state index contributed by atoms with van der Waals surface area (Å²) in [6.45, 7) is 2.05. The van der Waals surface area contributed by atoms with E-state index in [4.69, 9.17) is 5.11 Å². The molecule has 0 aromatic heterocycles. The number of nitrogens with one attached hydrogen (secondary N) is 2. The van der Waals surface area contributed by atoms with Crippen molar-refractivity contribution in [3.05, 3.63) is 0 Å². The Balaban J connectivity index is 1.52. The molecule has 1 amide bonds. The van der Waals surface area contributed by atoms with Crippen molar-refractivity contribution in [3.63, 3.8) is 0 Å². The Morgan fingerprint density at radius 1 is 0.947 bits per heavy atom. The minimum atomic E-state index is -0.674. The molecular weight excluding hydrogens is 244 g/mol. The summed E-state index contributed by atoms with van der Waals surface area (Å²) in [4.78, 5) is 22.4. The number of carboxylic acid groups (broad SMARTS) is 1. The van der Waals surface area contributed by atoms with Gasteiger partial charge in [-0.2, -0.15) is 0 Å². The van der Waals surface area contributed by atoms with Gasteiger partial charge < -0.3 is 15.7 Å². The molecule has 5 heteroatoms. The van der Waals surface area contributed by atoms with Crippen LogP contribution in [-0.2, 0) is 9.59 Å². The van der Waals surface area contributed by atoms with Crippen LogP contribution in [0.2, 0.25) is 0 Å². The fraction of sp³-hybridized carbons (Fsp3) is 0.857. The third kappa shape index (κ3) is 5.19. The summed E-state index contributed by atoms with van der Waals surface area (Å²) in [6.07, 6.45) is 5.90. The van der Waals surface area contributed by atoms with Crippen LogP contribution in [0, 0.1) is 17.8 Å². The summed E-state index contributed by atoms with van der Waals surface area (Å²) >= 11 is 0. The fourth-order valence-corrected chi connectivity index (χ4v) is 2.65. The highest BCUT2D eigenvalue weighted by Gasteiger charge is 2.26. The van der Waals surface area contributed by atoms with Gasteiger partial charge in [0.2, 0.25) is 5.91 Å². The number of amides is 1. The monoisotopic (exact) mass is 268 g/mol. The molecule has 108 valence electrons. The molecule has 0 aromatic rings. The normalized spacial score (nSPS) is 26.9. The predicted octanol–water partition coefficient (Wildman–Crippen LogP) is 0.993. The van der Waals surface area contributed by atoms with Crippen molar-refractivity contribution in [2.75, 3.05) is 19.6 Å². The van der Waals surface area contributed by atoms with Crippen LogP contribution in [0.3, 0.4) is 0 Å². The first-order valence-corrected chi connectivity index (χ1v) is 7.35. The highest BCUT2D eigenvalue weighted by atomic mass is 16.4. The number of hydrogen-bond donors (Lipinski definition) is 3. The first-order chi connectivity index (χ1) is 9.15. The van der Waals surface area contributed by atoms with Gasteiger partial charge in [0.1, 0.15) is 0 Å². The van der Waals surface area contributed by atoms with Crippen LogP contribution < -0.4 is 10.6 Å². The molecule has 2 fully saturated rings. The third-order valence-electron chi connectivity index (χ3n) is 4.20. The minimum Gasteiger partial charge on any atom is -0.481 e. The van der Waals surface area contributed by atoms with Crippen molar-refractivity contribution in [1.82, 2.24) is 10.6 Å². The Labute approximate surface area is 114 Å². The largest absolute Gasteiger partial charge is 0.481 e. The third-order valence-corrected chi connectivity index (χ3v) is 4.20. The number of carbonyl (C=O) groups excluding carboxylic acids is 1. The molecule has 0 spiro atoms. The first kappa shape index (κ1) is 14.3. The van der Waals surface area contributed by atoms with Crippen molar-refractivity contribution < 1.29 is 14.7 Å². The van der Waals surface area contributed by atoms with Gasteiger partial charge in [-0.05, 0) is 56.9 Å². The summed E-state index contributed by atoms with van der Waals surface area (Å²) in [6, 6.07) is 0. The highest BCUT2D eigenvalue weighted by Crippen LogP contribution is 2.28. The van der Waals surface area contributed by atoms with Gasteiger partial charge in [0.25, 0.3) is 0 Å². The number of carbonyl (C=O) groups is 2. The molecule has 0 saturated heterocycles. The molecule has 0 aliphatic heterocycles. The van der Waals surface area contributed by atoms with Gasteiger partial charge in [-0.1, -0.05) is 0 Å². The average Bonchev–Trinajstić information content (AvgIpc) is 3.21. The molecule has 3 N–H and O–H groups in total. The summed E-state index contributed by atoms with van der Waals surface area (Å²) < 4.78 is 0. The second-order valence-corrected chi connectivity index (χ2v) is 5.93. The molecule has 0 radical (unpaired) electrons. The quantitative estimate of drug-likeness (QED) is 0.643. The number of rotatable bonds is 7. The van der Waals surface area contributed by atoms with E-state index in [1.165, 1.54) is 12.8 Å². The average molecular weight is 268 g/mol. The lowest BCUT2D eigenvalue weighted by Crippen LogP contribution is -2.38. The van der Waals surface area contributed by atoms with Gasteiger partial charge in [-0.25, -0.2) is 0 Å². The summed E-state index contributed by atoms with van der Waals surface area (Å²) in [5.74, 6) is 0.446. The Morgan fingerprint density at radius 2 is 1.53 bits per heavy atom. The van der Waals surface area contributed by atoms with E-state index >= 15 is 0 Å². The van der Waals surface area contributed by atoms with Crippen molar-refractivity contribution in [2.24, 2.45) is 17.8 Å². The van der Waals surface area contributed by atoms with Crippen LogP contribution in [0.25, 0.3) is 0 Å². The molecule has 19 heavy (non-hydrogen) atoms. The molecule has 2 saturated carbocycles. The Morgan fingerprint density at radius 3 is 2.11 bits per heavy atom. The zero-order valence-corrected chi connectivity index (χ0v) is 11.4. The zero-order valence-electron chi connectivity index (χ0n) is 11.4. The van der Waals surface area contributed by atoms with Crippen molar-refractivity contribution in [3.8, 4) is 0 Å². The van der Waals surface area contributed by atoms with Gasteiger partial charge >= 0.3 is 5.97 Å². The maximum atomic E-state index is 11.6. The lowest BCUT2D eigenvalue weighted by molar-refractivity contribution is -0.143. The highest BCUT2D eigenvalue weighted by molar-refractivity contribution is 5.78. The SMILES string of the molecule is O=C(CNCC1CC1)NCC1CCC(C(=O)O)CC1. The van der Waals surface area contributed by atoms with Crippen LogP contribution in [0.4, 0.5) is 0 Å². The molecule has 0 aromatic carbocycles. The molecule has 0 bridgehead atoms. The fourth-order valence-electron chi connectivity index (χ4n) is 2.65. The van der Waals surface area contributed by atoms with E-state index in [2.05, 4.69) is 10.6 Å². The number of carboxylic acids is 1.